The van der Waals surface area contributed by atoms with Crippen LogP contribution in [0.1, 0.15) is 10.5 Å². The highest BCUT2D eigenvalue weighted by Gasteiger charge is 2.17. The minimum atomic E-state index is -0.701. The van der Waals surface area contributed by atoms with Crippen LogP contribution in [0.25, 0.3) is 11.3 Å². The number of carbonyl (C=O) groups is 2. The van der Waals surface area contributed by atoms with Gasteiger partial charge in [-0.15, -0.1) is 0 Å². The molecular weight excluding hydrogens is 430 g/mol. The van der Waals surface area contributed by atoms with E-state index in [-0.39, 0.29) is 18.2 Å². The molecule has 28 heavy (non-hydrogen) atoms. The molecule has 0 aliphatic rings. The first-order valence-corrected chi connectivity index (χ1v) is 8.84. The monoisotopic (exact) mass is 445 g/mol. The summed E-state index contributed by atoms with van der Waals surface area (Å²) in [6.07, 6.45) is 0. The highest BCUT2D eigenvalue weighted by molar-refractivity contribution is 9.10. The maximum absolute atomic E-state index is 12.1. The normalized spacial score (nSPS) is 10.4. The van der Waals surface area contributed by atoms with Gasteiger partial charge < -0.3 is 20.5 Å². The van der Waals surface area contributed by atoms with Gasteiger partial charge in [-0.2, -0.15) is 15.4 Å². The Morgan fingerprint density at radius 1 is 1.14 bits per heavy atom. The van der Waals surface area contributed by atoms with Crippen molar-refractivity contribution in [3.05, 3.63) is 52.6 Å². The first-order valence-electron chi connectivity index (χ1n) is 8.05. The zero-order valence-electron chi connectivity index (χ0n) is 14.7. The maximum Gasteiger partial charge on any atom is 0.271 e. The number of H-pyrrole nitrogens is 1. The van der Waals surface area contributed by atoms with Gasteiger partial charge in [0.1, 0.15) is 5.69 Å². The van der Waals surface area contributed by atoms with Gasteiger partial charge in [0, 0.05) is 15.7 Å². The van der Waals surface area contributed by atoms with Crippen LogP contribution in [0.5, 0.6) is 11.5 Å². The molecule has 0 bridgehead atoms. The number of nitrogens with two attached hydrogens (primary N) is 1. The summed E-state index contributed by atoms with van der Waals surface area (Å²) in [7, 11) is 1.46. The highest BCUT2D eigenvalue weighted by Crippen LogP contribution is 2.32. The van der Waals surface area contributed by atoms with E-state index in [2.05, 4.69) is 36.7 Å². The van der Waals surface area contributed by atoms with Crippen molar-refractivity contribution in [2.75, 3.05) is 19.0 Å². The van der Waals surface area contributed by atoms with E-state index < -0.39 is 5.91 Å². The fraction of sp³-hybridized carbons (Fsp3) is 0.111. The molecule has 0 radical (unpaired) electrons. The number of carbonyl (C=O) groups excluding carboxylic acids is 2. The van der Waals surface area contributed by atoms with E-state index >= 15 is 0 Å². The van der Waals surface area contributed by atoms with Crippen molar-refractivity contribution < 1.29 is 19.1 Å². The van der Waals surface area contributed by atoms with E-state index in [0.29, 0.717) is 28.4 Å². The minimum Gasteiger partial charge on any atom is -0.493 e. The first-order chi connectivity index (χ1) is 13.5. The molecule has 0 saturated carbocycles. The van der Waals surface area contributed by atoms with Crippen LogP contribution >= 0.6 is 15.9 Å². The summed E-state index contributed by atoms with van der Waals surface area (Å²) in [5.74, 6) is -0.290. The summed E-state index contributed by atoms with van der Waals surface area (Å²) in [6, 6.07) is 12.1. The Balaban J connectivity index is 1.70. The molecule has 9 nitrogen and oxygen atoms in total. The van der Waals surface area contributed by atoms with E-state index in [1.807, 2.05) is 12.1 Å². The molecule has 144 valence electrons. The Morgan fingerprint density at radius 3 is 2.57 bits per heavy atom. The third-order valence-corrected chi connectivity index (χ3v) is 4.23. The number of aromatic nitrogens is 3. The van der Waals surface area contributed by atoms with E-state index in [9.17, 15) is 9.59 Å². The van der Waals surface area contributed by atoms with Crippen LogP contribution in [-0.4, -0.2) is 40.9 Å². The summed E-state index contributed by atoms with van der Waals surface area (Å²) >= 11 is 3.33. The average molecular weight is 446 g/mol. The zero-order valence-corrected chi connectivity index (χ0v) is 16.3. The van der Waals surface area contributed by atoms with Crippen molar-refractivity contribution in [1.82, 2.24) is 15.4 Å². The molecule has 1 aromatic heterocycles. The minimum absolute atomic E-state index is 0.0181. The number of nitrogens with zero attached hydrogens (tertiary/aromatic N) is 2. The van der Waals surface area contributed by atoms with Gasteiger partial charge in [-0.3, -0.25) is 9.59 Å². The molecule has 4 N–H and O–H groups in total. The molecule has 3 rings (SSSR count). The van der Waals surface area contributed by atoms with Gasteiger partial charge in [-0.25, -0.2) is 0 Å². The van der Waals surface area contributed by atoms with Gasteiger partial charge in [-0.05, 0) is 42.5 Å². The summed E-state index contributed by atoms with van der Waals surface area (Å²) in [6.45, 7) is -0.206. The fourth-order valence-electron chi connectivity index (χ4n) is 2.41. The molecular formula is C18H16BrN5O4. The lowest BCUT2D eigenvalue weighted by Gasteiger charge is -2.12. The van der Waals surface area contributed by atoms with Gasteiger partial charge in [0.15, 0.2) is 23.8 Å². The Labute approximate surface area is 168 Å². The van der Waals surface area contributed by atoms with Crippen molar-refractivity contribution in [1.29, 1.82) is 0 Å². The van der Waals surface area contributed by atoms with Crippen LogP contribution < -0.4 is 20.5 Å². The van der Waals surface area contributed by atoms with Crippen molar-refractivity contribution in [2.45, 2.75) is 0 Å². The summed E-state index contributed by atoms with van der Waals surface area (Å²) in [5.41, 5.74) is 6.82. The lowest BCUT2D eigenvalue weighted by molar-refractivity contribution is -0.118. The molecule has 0 fully saturated rings. The molecule has 3 aromatic rings. The number of halogens is 1. The molecule has 10 heteroatoms. The third kappa shape index (κ3) is 4.46. The number of anilines is 1. The Kier molecular flexibility index (Phi) is 5.90. The molecule has 1 heterocycles. The lowest BCUT2D eigenvalue weighted by atomic mass is 10.1. The van der Waals surface area contributed by atoms with Crippen LogP contribution in [0.4, 0.5) is 5.69 Å². The number of aromatic amines is 1. The topological polar surface area (TPSA) is 132 Å². The van der Waals surface area contributed by atoms with E-state index in [1.54, 1.807) is 30.3 Å². The fourth-order valence-corrected chi connectivity index (χ4v) is 2.68. The second kappa shape index (κ2) is 8.53. The van der Waals surface area contributed by atoms with E-state index in [4.69, 9.17) is 15.2 Å². The molecule has 0 unspecified atom stereocenters. The van der Waals surface area contributed by atoms with Crippen LogP contribution in [0.2, 0.25) is 0 Å². The van der Waals surface area contributed by atoms with Crippen LogP contribution in [-0.2, 0) is 4.79 Å². The highest BCUT2D eigenvalue weighted by atomic mass is 79.9. The molecule has 2 amide bonds. The van der Waals surface area contributed by atoms with Gasteiger partial charge in [0.2, 0.25) is 0 Å². The Hall–Kier alpha value is -3.40. The van der Waals surface area contributed by atoms with Crippen LogP contribution in [0.3, 0.4) is 0 Å². The van der Waals surface area contributed by atoms with Crippen LogP contribution in [0, 0.1) is 0 Å². The van der Waals surface area contributed by atoms with Gasteiger partial charge in [0.25, 0.3) is 11.8 Å². The predicted octanol–water partition coefficient (Wildman–Crippen LogP) is 2.36. The first kappa shape index (κ1) is 19.4. The average Bonchev–Trinajstić information content (AvgIpc) is 3.18. The molecule has 0 spiro atoms. The molecule has 2 aromatic carbocycles. The number of primary amides is 1. The number of hydrogen-bond acceptors (Lipinski definition) is 6. The standard InChI is InChI=1S/C18H16BrN5O4/c1-27-14-8-10(16-17(18(20)26)23-24-22-16)2-7-13(14)28-9-15(25)21-12-5-3-11(19)4-6-12/h2-8H,9H2,1H3,(H2,20,26)(H,21,25)(H,22,23,24). The molecule has 0 aliphatic heterocycles. The molecule has 0 saturated heterocycles. The van der Waals surface area contributed by atoms with Crippen molar-refractivity contribution >= 4 is 33.4 Å². The molecule has 0 aliphatic carbocycles. The summed E-state index contributed by atoms with van der Waals surface area (Å²) < 4.78 is 11.8. The van der Waals surface area contributed by atoms with E-state index in [1.165, 1.54) is 7.11 Å². The Morgan fingerprint density at radius 2 is 1.89 bits per heavy atom. The number of methoxy groups -OCH3 is 1. The summed E-state index contributed by atoms with van der Waals surface area (Å²) in [5, 5.41) is 12.8. The second-order valence-corrected chi connectivity index (χ2v) is 6.51. The third-order valence-electron chi connectivity index (χ3n) is 3.71. The quantitative estimate of drug-likeness (QED) is 0.511. The number of nitrogens with one attached hydrogen (secondary N) is 2. The SMILES string of the molecule is COc1cc(-c2n[nH]nc2C(N)=O)ccc1OCC(=O)Nc1ccc(Br)cc1. The zero-order chi connectivity index (χ0) is 20.1. The number of benzene rings is 2. The smallest absolute Gasteiger partial charge is 0.271 e. The largest absolute Gasteiger partial charge is 0.493 e. The summed E-state index contributed by atoms with van der Waals surface area (Å²) in [4.78, 5) is 23.5. The van der Waals surface area contributed by atoms with Crippen LogP contribution in [0.15, 0.2) is 46.9 Å². The number of rotatable bonds is 7. The molecule has 0 atom stereocenters. The Bertz CT molecular complexity index is 1000. The lowest BCUT2D eigenvalue weighted by Crippen LogP contribution is -2.20. The van der Waals surface area contributed by atoms with Crippen molar-refractivity contribution in [2.24, 2.45) is 5.73 Å². The second-order valence-electron chi connectivity index (χ2n) is 5.59. The number of amides is 2. The number of ether oxygens (including phenoxy) is 2. The number of hydrogen-bond donors (Lipinski definition) is 3. The van der Waals surface area contributed by atoms with Gasteiger partial charge in [-0.1, -0.05) is 15.9 Å². The van der Waals surface area contributed by atoms with Crippen molar-refractivity contribution in [3.8, 4) is 22.8 Å². The predicted molar refractivity (Wildman–Crippen MR) is 105 cm³/mol. The van der Waals surface area contributed by atoms with E-state index in [0.717, 1.165) is 4.47 Å². The van der Waals surface area contributed by atoms with Gasteiger partial charge >= 0.3 is 0 Å². The van der Waals surface area contributed by atoms with Gasteiger partial charge in [0.05, 0.1) is 7.11 Å². The maximum atomic E-state index is 12.1. The van der Waals surface area contributed by atoms with Crippen molar-refractivity contribution in [3.63, 3.8) is 0 Å².